The molecule has 0 saturated heterocycles. The van der Waals surface area contributed by atoms with Gasteiger partial charge in [-0.05, 0) is 32.6 Å². The first-order valence-corrected chi connectivity index (χ1v) is 5.86. The van der Waals surface area contributed by atoms with Crippen LogP contribution in [0.2, 0.25) is 0 Å². The number of amides is 1. The minimum Gasteiger partial charge on any atom is -0.344 e. The highest BCUT2D eigenvalue weighted by Crippen LogP contribution is 2.39. The monoisotopic (exact) mass is 306 g/mol. The zero-order chi connectivity index (χ0) is 12.5. The molecule has 0 aromatic carbocycles. The van der Waals surface area contributed by atoms with Gasteiger partial charge in [0, 0.05) is 12.7 Å². The van der Waals surface area contributed by atoms with Crippen LogP contribution in [0, 0.1) is 12.8 Å². The molecule has 1 aliphatic carbocycles. The molecule has 108 valence electrons. The molecule has 1 unspecified atom stereocenters. The molecule has 1 aromatic rings. The Hall–Kier alpha value is -0.910. The molecule has 1 aromatic heterocycles. The Morgan fingerprint density at radius 2 is 2.05 bits per heavy atom. The largest absolute Gasteiger partial charge is 0.344 e. The van der Waals surface area contributed by atoms with Crippen molar-refractivity contribution in [1.29, 1.82) is 0 Å². The van der Waals surface area contributed by atoms with Gasteiger partial charge in [-0.1, -0.05) is 0 Å². The Labute approximate surface area is 125 Å². The average molecular weight is 307 g/mol. The van der Waals surface area contributed by atoms with Crippen LogP contribution < -0.4 is 11.1 Å². The van der Waals surface area contributed by atoms with E-state index in [0.717, 1.165) is 18.5 Å². The summed E-state index contributed by atoms with van der Waals surface area (Å²) in [6.45, 7) is 4.27. The first kappa shape index (κ1) is 18.1. The fourth-order valence-electron chi connectivity index (χ4n) is 1.87. The summed E-state index contributed by atoms with van der Waals surface area (Å²) in [6, 6.07) is 0. The van der Waals surface area contributed by atoms with Crippen LogP contribution in [0.4, 0.5) is 0 Å². The number of rotatable bonds is 4. The molecule has 3 N–H and O–H groups in total. The SMILES string of the molecule is Cc1cnc(C(=O)NC(C)(CN)C2CC2)cn1.Cl.Cl. The zero-order valence-electron chi connectivity index (χ0n) is 11.0. The second-order valence-corrected chi connectivity index (χ2v) is 4.89. The molecule has 1 saturated carbocycles. The normalized spacial score (nSPS) is 16.6. The van der Waals surface area contributed by atoms with E-state index in [1.807, 2.05) is 13.8 Å². The Morgan fingerprint density at radius 1 is 1.42 bits per heavy atom. The maximum atomic E-state index is 12.0. The van der Waals surface area contributed by atoms with Gasteiger partial charge in [0.2, 0.25) is 0 Å². The minimum atomic E-state index is -0.316. The van der Waals surface area contributed by atoms with Gasteiger partial charge in [0.05, 0.1) is 17.4 Å². The first-order chi connectivity index (χ1) is 8.05. The predicted molar refractivity (Wildman–Crippen MR) is 78.9 cm³/mol. The van der Waals surface area contributed by atoms with Crippen molar-refractivity contribution in [3.63, 3.8) is 0 Å². The Kier molecular flexibility index (Phi) is 6.69. The lowest BCUT2D eigenvalue weighted by Gasteiger charge is -2.29. The van der Waals surface area contributed by atoms with Gasteiger partial charge in [0.25, 0.3) is 5.91 Å². The van der Waals surface area contributed by atoms with E-state index in [4.69, 9.17) is 5.73 Å². The average Bonchev–Trinajstić information content (AvgIpc) is 3.13. The number of nitrogens with one attached hydrogen (secondary N) is 1. The lowest BCUT2D eigenvalue weighted by molar-refractivity contribution is 0.0892. The summed E-state index contributed by atoms with van der Waals surface area (Å²) >= 11 is 0. The van der Waals surface area contributed by atoms with Crippen molar-refractivity contribution >= 4 is 30.7 Å². The van der Waals surface area contributed by atoms with Crippen LogP contribution in [-0.4, -0.2) is 28.0 Å². The summed E-state index contributed by atoms with van der Waals surface area (Å²) in [4.78, 5) is 20.1. The van der Waals surface area contributed by atoms with Crippen LogP contribution in [-0.2, 0) is 0 Å². The highest BCUT2D eigenvalue weighted by atomic mass is 35.5. The molecule has 1 aliphatic rings. The van der Waals surface area contributed by atoms with Crippen molar-refractivity contribution in [3.05, 3.63) is 23.8 Å². The minimum absolute atomic E-state index is 0. The van der Waals surface area contributed by atoms with Crippen molar-refractivity contribution < 1.29 is 4.79 Å². The van der Waals surface area contributed by atoms with E-state index in [-0.39, 0.29) is 36.3 Å². The third-order valence-corrected chi connectivity index (χ3v) is 3.32. The standard InChI is InChI=1S/C12H18N4O.2ClH/c1-8-5-15-10(6-14-8)11(17)16-12(2,7-13)9-3-4-9;;/h5-6,9H,3-4,7,13H2,1-2H3,(H,16,17);2*1H. The molecule has 19 heavy (non-hydrogen) atoms. The molecule has 5 nitrogen and oxygen atoms in total. The molecule has 7 heteroatoms. The number of halogens is 2. The van der Waals surface area contributed by atoms with Gasteiger partial charge in [-0.3, -0.25) is 9.78 Å². The molecular formula is C12H20Cl2N4O. The van der Waals surface area contributed by atoms with Crippen molar-refractivity contribution in [2.75, 3.05) is 6.54 Å². The van der Waals surface area contributed by atoms with Crippen LogP contribution in [0.15, 0.2) is 12.4 Å². The molecule has 1 amide bonds. The maximum Gasteiger partial charge on any atom is 0.271 e. The topological polar surface area (TPSA) is 80.9 Å². The van der Waals surface area contributed by atoms with E-state index in [0.29, 0.717) is 18.2 Å². The fraction of sp³-hybridized carbons (Fsp3) is 0.583. The van der Waals surface area contributed by atoms with Crippen molar-refractivity contribution in [2.45, 2.75) is 32.2 Å². The van der Waals surface area contributed by atoms with E-state index >= 15 is 0 Å². The van der Waals surface area contributed by atoms with Gasteiger partial charge >= 0.3 is 0 Å². The third-order valence-electron chi connectivity index (χ3n) is 3.32. The number of carbonyl (C=O) groups is 1. The first-order valence-electron chi connectivity index (χ1n) is 5.86. The van der Waals surface area contributed by atoms with Crippen LogP contribution in [0.3, 0.4) is 0 Å². The van der Waals surface area contributed by atoms with Crippen LogP contribution in [0.5, 0.6) is 0 Å². The van der Waals surface area contributed by atoms with Crippen molar-refractivity contribution in [3.8, 4) is 0 Å². The van der Waals surface area contributed by atoms with Crippen LogP contribution in [0.25, 0.3) is 0 Å². The van der Waals surface area contributed by atoms with Gasteiger partial charge in [-0.25, -0.2) is 4.98 Å². The molecular weight excluding hydrogens is 287 g/mol. The lowest BCUT2D eigenvalue weighted by Crippen LogP contribution is -2.53. The van der Waals surface area contributed by atoms with E-state index < -0.39 is 0 Å². The van der Waals surface area contributed by atoms with Gasteiger partial charge < -0.3 is 11.1 Å². The zero-order valence-corrected chi connectivity index (χ0v) is 12.7. The van der Waals surface area contributed by atoms with Gasteiger partial charge in [-0.2, -0.15) is 0 Å². The number of hydrogen-bond acceptors (Lipinski definition) is 4. The molecule has 0 radical (unpaired) electrons. The maximum absolute atomic E-state index is 12.0. The summed E-state index contributed by atoms with van der Waals surface area (Å²) in [5.41, 5.74) is 6.57. The molecule has 1 atom stereocenters. The molecule has 1 fully saturated rings. The summed E-state index contributed by atoms with van der Waals surface area (Å²) in [5.74, 6) is 0.298. The van der Waals surface area contributed by atoms with Gasteiger partial charge in [0.15, 0.2) is 0 Å². The quantitative estimate of drug-likeness (QED) is 0.883. The second kappa shape index (κ2) is 7.03. The summed E-state index contributed by atoms with van der Waals surface area (Å²) < 4.78 is 0. The number of aryl methyl sites for hydroxylation is 1. The molecule has 2 rings (SSSR count). The second-order valence-electron chi connectivity index (χ2n) is 4.89. The Balaban J connectivity index is 0.00000162. The van der Waals surface area contributed by atoms with Gasteiger partial charge in [-0.15, -0.1) is 24.8 Å². The third kappa shape index (κ3) is 4.30. The van der Waals surface area contributed by atoms with E-state index in [2.05, 4.69) is 15.3 Å². The Morgan fingerprint density at radius 3 is 2.47 bits per heavy atom. The smallest absolute Gasteiger partial charge is 0.271 e. The van der Waals surface area contributed by atoms with Crippen molar-refractivity contribution in [2.24, 2.45) is 11.7 Å². The summed E-state index contributed by atoms with van der Waals surface area (Å²) in [7, 11) is 0. The summed E-state index contributed by atoms with van der Waals surface area (Å²) in [6.07, 6.45) is 5.35. The number of aromatic nitrogens is 2. The highest BCUT2D eigenvalue weighted by Gasteiger charge is 2.41. The number of nitrogens with two attached hydrogens (primary N) is 1. The van der Waals surface area contributed by atoms with Gasteiger partial charge in [0.1, 0.15) is 5.69 Å². The van der Waals surface area contributed by atoms with Crippen LogP contribution in [0.1, 0.15) is 35.9 Å². The lowest BCUT2D eigenvalue weighted by atomic mass is 9.96. The highest BCUT2D eigenvalue weighted by molar-refractivity contribution is 5.92. The predicted octanol–water partition coefficient (Wildman–Crippen LogP) is 1.49. The van der Waals surface area contributed by atoms with Crippen molar-refractivity contribution in [1.82, 2.24) is 15.3 Å². The van der Waals surface area contributed by atoms with E-state index in [9.17, 15) is 4.79 Å². The Bertz CT molecular complexity index is 422. The van der Waals surface area contributed by atoms with Crippen LogP contribution >= 0.6 is 24.8 Å². The fourth-order valence-corrected chi connectivity index (χ4v) is 1.87. The number of hydrogen-bond donors (Lipinski definition) is 2. The molecule has 0 bridgehead atoms. The number of carbonyl (C=O) groups excluding carboxylic acids is 1. The molecule has 0 aliphatic heterocycles. The number of nitrogens with zero attached hydrogens (tertiary/aromatic N) is 2. The van der Waals surface area contributed by atoms with E-state index in [1.165, 1.54) is 6.20 Å². The molecule has 0 spiro atoms. The van der Waals surface area contributed by atoms with E-state index in [1.54, 1.807) is 6.20 Å². The summed E-state index contributed by atoms with van der Waals surface area (Å²) in [5, 5.41) is 2.97. The molecule has 1 heterocycles.